The van der Waals surface area contributed by atoms with Crippen LogP contribution in [0.2, 0.25) is 0 Å². The Labute approximate surface area is 171 Å². The molecule has 1 heterocycles. The summed E-state index contributed by atoms with van der Waals surface area (Å²) in [6.07, 6.45) is 6.62. The summed E-state index contributed by atoms with van der Waals surface area (Å²) in [5, 5.41) is 3.55. The van der Waals surface area contributed by atoms with Crippen LogP contribution in [0.15, 0.2) is 126 Å². The predicted octanol–water partition coefficient (Wildman–Crippen LogP) is 4.64. The number of fused-ring (bicyclic) bond motifs is 1. The van der Waals surface area contributed by atoms with Crippen molar-refractivity contribution in [1.82, 2.24) is 0 Å². The van der Waals surface area contributed by atoms with Crippen LogP contribution in [0.25, 0.3) is 0 Å². The number of hydrogen-bond donors (Lipinski definition) is 0. The topological polar surface area (TPSA) is 26.3 Å². The number of ether oxygens (including phenoxy) is 1. The highest BCUT2D eigenvalue weighted by Crippen LogP contribution is 2.66. The van der Waals surface area contributed by atoms with Gasteiger partial charge in [0.1, 0.15) is 15.9 Å². The summed E-state index contributed by atoms with van der Waals surface area (Å²) in [7, 11) is -2.37. The zero-order valence-electron chi connectivity index (χ0n) is 15.9. The molecule has 0 bridgehead atoms. The largest absolute Gasteiger partial charge is 0.389 e. The van der Waals surface area contributed by atoms with Crippen molar-refractivity contribution in [3.05, 3.63) is 126 Å². The fourth-order valence-corrected chi connectivity index (χ4v) is 8.48. The van der Waals surface area contributed by atoms with E-state index in [-0.39, 0.29) is 5.97 Å². The van der Waals surface area contributed by atoms with Crippen molar-refractivity contribution >= 4 is 29.1 Å². The molecule has 2 aliphatic rings. The molecule has 140 valence electrons. The maximum Gasteiger partial charge on any atom is 0.346 e. The van der Waals surface area contributed by atoms with E-state index in [0.717, 1.165) is 11.1 Å². The van der Waals surface area contributed by atoms with Gasteiger partial charge in [0.15, 0.2) is 7.26 Å². The molecule has 1 aliphatic carbocycles. The number of benzene rings is 3. The van der Waals surface area contributed by atoms with Crippen molar-refractivity contribution in [1.29, 1.82) is 0 Å². The molecule has 0 atom stereocenters. The number of cyclic esters (lactones) is 1. The minimum Gasteiger partial charge on any atom is -0.389 e. The quantitative estimate of drug-likeness (QED) is 0.475. The second-order valence-corrected chi connectivity index (χ2v) is 10.4. The normalized spacial score (nSPS) is 15.7. The maximum absolute atomic E-state index is 12.8. The van der Waals surface area contributed by atoms with E-state index in [9.17, 15) is 4.79 Å². The lowest BCUT2D eigenvalue weighted by Gasteiger charge is -2.27. The van der Waals surface area contributed by atoms with Crippen LogP contribution in [0.3, 0.4) is 0 Å². The lowest BCUT2D eigenvalue weighted by Crippen LogP contribution is -2.33. The molecule has 0 spiro atoms. The van der Waals surface area contributed by atoms with Crippen LogP contribution in [0, 0.1) is 0 Å². The predicted molar refractivity (Wildman–Crippen MR) is 120 cm³/mol. The van der Waals surface area contributed by atoms with Crippen LogP contribution in [-0.2, 0) is 9.53 Å². The first-order chi connectivity index (χ1) is 14.3. The van der Waals surface area contributed by atoms with Gasteiger partial charge in [-0.15, -0.1) is 0 Å². The van der Waals surface area contributed by atoms with Gasteiger partial charge in [0.25, 0.3) is 5.50 Å². The van der Waals surface area contributed by atoms with Gasteiger partial charge >= 0.3 is 5.97 Å². The summed E-state index contributed by atoms with van der Waals surface area (Å²) in [6.45, 7) is 0. The molecule has 0 saturated carbocycles. The van der Waals surface area contributed by atoms with Gasteiger partial charge in [-0.05, 0) is 48.9 Å². The van der Waals surface area contributed by atoms with Crippen LogP contribution in [-0.4, -0.2) is 5.97 Å². The zero-order chi connectivity index (χ0) is 19.7. The Morgan fingerprint density at radius 1 is 0.690 bits per heavy atom. The molecule has 3 aromatic rings. The highest BCUT2D eigenvalue weighted by Gasteiger charge is 2.56. The first-order valence-electron chi connectivity index (χ1n) is 9.71. The average molecular weight is 395 g/mol. The van der Waals surface area contributed by atoms with Gasteiger partial charge in [0.2, 0.25) is 0 Å². The first-order valence-corrected chi connectivity index (χ1v) is 11.5. The molecule has 0 aromatic heterocycles. The summed E-state index contributed by atoms with van der Waals surface area (Å²) in [6, 6.07) is 31.5. The lowest BCUT2D eigenvalue weighted by molar-refractivity contribution is -0.132. The van der Waals surface area contributed by atoms with E-state index >= 15 is 0 Å². The minimum absolute atomic E-state index is 0.244. The van der Waals surface area contributed by atoms with E-state index < -0.39 is 7.26 Å². The van der Waals surface area contributed by atoms with Crippen molar-refractivity contribution < 1.29 is 9.53 Å². The molecule has 2 nitrogen and oxygen atoms in total. The summed E-state index contributed by atoms with van der Waals surface area (Å²) in [5.41, 5.74) is 2.53. The summed E-state index contributed by atoms with van der Waals surface area (Å²) in [4.78, 5) is 12.8. The minimum atomic E-state index is -2.37. The fourth-order valence-electron chi connectivity index (χ4n) is 4.18. The second kappa shape index (κ2) is 7.31. The third-order valence-corrected chi connectivity index (χ3v) is 9.64. The van der Waals surface area contributed by atoms with Crippen LogP contribution in [0.1, 0.15) is 6.42 Å². The molecule has 0 unspecified atom stereocenters. The number of carbonyl (C=O) groups is 1. The van der Waals surface area contributed by atoms with Crippen molar-refractivity contribution in [2.75, 3.05) is 0 Å². The van der Waals surface area contributed by atoms with E-state index in [0.29, 0.717) is 12.0 Å². The Morgan fingerprint density at radius 2 is 1.17 bits per heavy atom. The van der Waals surface area contributed by atoms with Crippen molar-refractivity contribution in [3.63, 3.8) is 0 Å². The molecule has 5 rings (SSSR count). The Morgan fingerprint density at radius 3 is 1.66 bits per heavy atom. The Kier molecular flexibility index (Phi) is 4.50. The SMILES string of the molecule is O=C1OC([P+](c2ccccc2)(c2ccccc2)c2ccccc2)=C2CC=CC=C12. The van der Waals surface area contributed by atoms with Crippen LogP contribution in [0.5, 0.6) is 0 Å². The smallest absolute Gasteiger partial charge is 0.346 e. The van der Waals surface area contributed by atoms with Crippen molar-refractivity contribution in [2.24, 2.45) is 0 Å². The molecular weight excluding hydrogens is 375 g/mol. The van der Waals surface area contributed by atoms with E-state index in [1.54, 1.807) is 0 Å². The fraction of sp³-hybridized carbons (Fsp3) is 0.0385. The van der Waals surface area contributed by atoms with Gasteiger partial charge in [0.05, 0.1) is 11.1 Å². The van der Waals surface area contributed by atoms with Gasteiger partial charge in [-0.3, -0.25) is 0 Å². The summed E-state index contributed by atoms with van der Waals surface area (Å²) >= 11 is 0. The Hall–Kier alpha value is -3.22. The van der Waals surface area contributed by atoms with E-state index in [2.05, 4.69) is 78.9 Å². The molecule has 0 N–H and O–H groups in total. The maximum atomic E-state index is 12.8. The van der Waals surface area contributed by atoms with E-state index in [4.69, 9.17) is 4.74 Å². The third kappa shape index (κ3) is 2.80. The Bertz CT molecular complexity index is 1050. The number of carbonyl (C=O) groups excluding carboxylic acids is 1. The molecule has 1 aliphatic heterocycles. The van der Waals surface area contributed by atoms with Crippen LogP contribution >= 0.6 is 7.26 Å². The van der Waals surface area contributed by atoms with Crippen molar-refractivity contribution in [2.45, 2.75) is 6.42 Å². The third-order valence-electron chi connectivity index (χ3n) is 5.45. The summed E-state index contributed by atoms with van der Waals surface area (Å²) < 4.78 is 6.12. The monoisotopic (exact) mass is 395 g/mol. The van der Waals surface area contributed by atoms with Gasteiger partial charge in [0, 0.05) is 0 Å². The van der Waals surface area contributed by atoms with E-state index in [1.165, 1.54) is 15.9 Å². The molecule has 3 heteroatoms. The van der Waals surface area contributed by atoms with Crippen LogP contribution < -0.4 is 15.9 Å². The molecule has 0 radical (unpaired) electrons. The second-order valence-electron chi connectivity index (χ2n) is 7.06. The molecule has 0 fully saturated rings. The summed E-state index contributed by atoms with van der Waals surface area (Å²) in [5.74, 6) is -0.244. The van der Waals surface area contributed by atoms with Crippen molar-refractivity contribution in [3.8, 4) is 0 Å². The van der Waals surface area contributed by atoms with Gasteiger partial charge in [-0.1, -0.05) is 66.7 Å². The van der Waals surface area contributed by atoms with Gasteiger partial charge < -0.3 is 4.74 Å². The highest BCUT2D eigenvalue weighted by atomic mass is 31.2. The molecular formula is C26H20O2P+. The van der Waals surface area contributed by atoms with Gasteiger partial charge in [-0.25, -0.2) is 4.79 Å². The number of esters is 1. The first kappa shape index (κ1) is 17.8. The highest BCUT2D eigenvalue weighted by molar-refractivity contribution is 7.98. The molecule has 0 amide bonds. The van der Waals surface area contributed by atoms with Gasteiger partial charge in [-0.2, -0.15) is 0 Å². The Balaban J connectivity index is 1.91. The zero-order valence-corrected chi connectivity index (χ0v) is 16.8. The number of rotatable bonds is 4. The standard InChI is InChI=1S/C26H20O2P/c27-25-23-18-10-11-19-24(23)26(28-25)29(20-12-4-1-5-13-20,21-14-6-2-7-15-21)22-16-8-3-9-17-22/h1-18H,19H2/q+1. The number of allylic oxidation sites excluding steroid dienone is 3. The molecule has 3 aromatic carbocycles. The van der Waals surface area contributed by atoms with Crippen LogP contribution in [0.4, 0.5) is 0 Å². The molecule has 0 saturated heterocycles. The number of hydrogen-bond acceptors (Lipinski definition) is 2. The molecule has 29 heavy (non-hydrogen) atoms. The van der Waals surface area contributed by atoms with E-state index in [1.807, 2.05) is 30.4 Å². The average Bonchev–Trinajstić information content (AvgIpc) is 3.14. The lowest BCUT2D eigenvalue weighted by atomic mass is 10.0.